The summed E-state index contributed by atoms with van der Waals surface area (Å²) >= 11 is 0. The Kier molecular flexibility index (Phi) is 5.61. The fourth-order valence-corrected chi connectivity index (χ4v) is 2.66. The van der Waals surface area contributed by atoms with E-state index in [0.717, 1.165) is 18.1 Å². The summed E-state index contributed by atoms with van der Waals surface area (Å²) in [6.07, 6.45) is 2.83. The molecule has 13 heavy (non-hydrogen) atoms. The lowest BCUT2D eigenvalue weighted by molar-refractivity contribution is 0.116. The minimum Gasteiger partial charge on any atom is -0.314 e. The van der Waals surface area contributed by atoms with E-state index in [1.807, 2.05) is 0 Å². The first kappa shape index (κ1) is 13.5. The minimum absolute atomic E-state index is 0. The zero-order valence-electron chi connectivity index (χ0n) is 8.32. The van der Waals surface area contributed by atoms with Crippen LogP contribution >= 0.6 is 24.8 Å². The summed E-state index contributed by atoms with van der Waals surface area (Å²) in [5.41, 5.74) is 0. The van der Waals surface area contributed by atoms with E-state index in [9.17, 15) is 0 Å². The third-order valence-electron chi connectivity index (χ3n) is 3.03. The SMILES string of the molecule is CC(C)N1C2CCC1CNC2.Cl.Cl. The van der Waals surface area contributed by atoms with Crippen LogP contribution < -0.4 is 5.32 Å². The molecule has 0 radical (unpaired) electrons. The summed E-state index contributed by atoms with van der Waals surface area (Å²) in [5, 5.41) is 3.49. The molecule has 0 aromatic heterocycles. The molecular weight excluding hydrogens is 207 g/mol. The Hall–Kier alpha value is 0.500. The van der Waals surface area contributed by atoms with Crippen LogP contribution in [0.4, 0.5) is 0 Å². The van der Waals surface area contributed by atoms with Gasteiger partial charge in [0.05, 0.1) is 0 Å². The van der Waals surface area contributed by atoms with E-state index in [1.54, 1.807) is 0 Å². The Labute approximate surface area is 93.3 Å². The van der Waals surface area contributed by atoms with Gasteiger partial charge in [0.1, 0.15) is 0 Å². The molecule has 2 saturated heterocycles. The molecule has 2 aliphatic rings. The lowest BCUT2D eigenvalue weighted by Crippen LogP contribution is -2.54. The third-order valence-corrected chi connectivity index (χ3v) is 3.03. The molecule has 0 spiro atoms. The number of hydrogen-bond donors (Lipinski definition) is 1. The van der Waals surface area contributed by atoms with Gasteiger partial charge in [-0.25, -0.2) is 0 Å². The topological polar surface area (TPSA) is 15.3 Å². The quantitative estimate of drug-likeness (QED) is 0.733. The molecule has 2 rings (SSSR count). The first-order valence-corrected chi connectivity index (χ1v) is 4.77. The van der Waals surface area contributed by atoms with Crippen LogP contribution in [-0.4, -0.2) is 36.1 Å². The highest BCUT2D eigenvalue weighted by atomic mass is 35.5. The van der Waals surface area contributed by atoms with Crippen molar-refractivity contribution >= 4 is 24.8 Å². The Morgan fingerprint density at radius 2 is 1.54 bits per heavy atom. The Bertz CT molecular complexity index is 137. The molecule has 0 saturated carbocycles. The normalized spacial score (nSPS) is 32.5. The second-order valence-corrected chi connectivity index (χ2v) is 4.08. The van der Waals surface area contributed by atoms with Crippen LogP contribution in [0.5, 0.6) is 0 Å². The van der Waals surface area contributed by atoms with Gasteiger partial charge in [-0.15, -0.1) is 24.8 Å². The van der Waals surface area contributed by atoms with Gasteiger partial charge in [-0.3, -0.25) is 4.90 Å². The minimum atomic E-state index is 0. The van der Waals surface area contributed by atoms with E-state index in [4.69, 9.17) is 0 Å². The van der Waals surface area contributed by atoms with E-state index in [0.29, 0.717) is 0 Å². The highest BCUT2D eigenvalue weighted by Crippen LogP contribution is 2.28. The highest BCUT2D eigenvalue weighted by molar-refractivity contribution is 5.85. The lowest BCUT2D eigenvalue weighted by atomic mass is 10.1. The third kappa shape index (κ3) is 2.50. The van der Waals surface area contributed by atoms with Gasteiger partial charge in [0.15, 0.2) is 0 Å². The summed E-state index contributed by atoms with van der Waals surface area (Å²) < 4.78 is 0. The van der Waals surface area contributed by atoms with Crippen molar-refractivity contribution in [3.8, 4) is 0 Å². The molecule has 2 fully saturated rings. The second-order valence-electron chi connectivity index (χ2n) is 4.08. The molecule has 4 heteroatoms. The van der Waals surface area contributed by atoms with Crippen molar-refractivity contribution < 1.29 is 0 Å². The second kappa shape index (κ2) is 5.40. The summed E-state index contributed by atoms with van der Waals surface area (Å²) in [6.45, 7) is 7.07. The largest absolute Gasteiger partial charge is 0.314 e. The van der Waals surface area contributed by atoms with Crippen LogP contribution in [0.1, 0.15) is 26.7 Å². The summed E-state index contributed by atoms with van der Waals surface area (Å²) in [5.74, 6) is 0. The predicted octanol–water partition coefficient (Wildman–Crippen LogP) is 1.67. The van der Waals surface area contributed by atoms with Crippen LogP contribution in [0, 0.1) is 0 Å². The average molecular weight is 227 g/mol. The maximum absolute atomic E-state index is 3.49. The van der Waals surface area contributed by atoms with E-state index in [1.165, 1.54) is 25.9 Å². The number of fused-ring (bicyclic) bond motifs is 2. The van der Waals surface area contributed by atoms with Gasteiger partial charge in [0.2, 0.25) is 0 Å². The van der Waals surface area contributed by atoms with Crippen LogP contribution in [0.15, 0.2) is 0 Å². The summed E-state index contributed by atoms with van der Waals surface area (Å²) in [4.78, 5) is 2.69. The van der Waals surface area contributed by atoms with Crippen molar-refractivity contribution in [1.29, 1.82) is 0 Å². The molecule has 80 valence electrons. The van der Waals surface area contributed by atoms with Gasteiger partial charge in [-0.1, -0.05) is 0 Å². The smallest absolute Gasteiger partial charge is 0.0227 e. The van der Waals surface area contributed by atoms with Crippen LogP contribution in [-0.2, 0) is 0 Å². The fraction of sp³-hybridized carbons (Fsp3) is 1.00. The van der Waals surface area contributed by atoms with Gasteiger partial charge in [-0.2, -0.15) is 0 Å². The standard InChI is InChI=1S/C9H18N2.2ClH/c1-7(2)11-8-3-4-9(11)6-10-5-8;;/h7-10H,3-6H2,1-2H3;2*1H. The molecule has 2 unspecified atom stereocenters. The number of nitrogens with one attached hydrogen (secondary N) is 1. The Balaban J connectivity index is 0.000000720. The molecule has 0 aliphatic carbocycles. The number of hydrogen-bond acceptors (Lipinski definition) is 2. The van der Waals surface area contributed by atoms with Gasteiger partial charge in [0, 0.05) is 31.2 Å². The van der Waals surface area contributed by atoms with Crippen molar-refractivity contribution in [3.05, 3.63) is 0 Å². The van der Waals surface area contributed by atoms with Gasteiger partial charge in [-0.05, 0) is 26.7 Å². The van der Waals surface area contributed by atoms with Crippen molar-refractivity contribution in [2.75, 3.05) is 13.1 Å². The van der Waals surface area contributed by atoms with Crippen molar-refractivity contribution in [2.24, 2.45) is 0 Å². The predicted molar refractivity (Wildman–Crippen MR) is 61.2 cm³/mol. The molecule has 2 heterocycles. The average Bonchev–Trinajstić information content (AvgIpc) is 2.23. The zero-order valence-corrected chi connectivity index (χ0v) is 9.96. The Morgan fingerprint density at radius 3 is 1.85 bits per heavy atom. The summed E-state index contributed by atoms with van der Waals surface area (Å²) in [6, 6.07) is 2.43. The monoisotopic (exact) mass is 226 g/mol. The highest BCUT2D eigenvalue weighted by Gasteiger charge is 2.37. The molecule has 2 bridgehead atoms. The lowest BCUT2D eigenvalue weighted by Gasteiger charge is -2.38. The number of rotatable bonds is 1. The van der Waals surface area contributed by atoms with Crippen LogP contribution in [0.3, 0.4) is 0 Å². The maximum atomic E-state index is 3.49. The van der Waals surface area contributed by atoms with Crippen LogP contribution in [0.25, 0.3) is 0 Å². The van der Waals surface area contributed by atoms with E-state index < -0.39 is 0 Å². The molecule has 1 N–H and O–H groups in total. The van der Waals surface area contributed by atoms with Gasteiger partial charge in [0.25, 0.3) is 0 Å². The fourth-order valence-electron chi connectivity index (χ4n) is 2.66. The zero-order chi connectivity index (χ0) is 7.84. The maximum Gasteiger partial charge on any atom is 0.0227 e. The molecule has 0 aromatic carbocycles. The number of piperazine rings is 1. The van der Waals surface area contributed by atoms with Crippen molar-refractivity contribution in [1.82, 2.24) is 10.2 Å². The van der Waals surface area contributed by atoms with Crippen LogP contribution in [0.2, 0.25) is 0 Å². The van der Waals surface area contributed by atoms with Gasteiger partial charge >= 0.3 is 0 Å². The molecule has 0 aromatic rings. The van der Waals surface area contributed by atoms with E-state index in [-0.39, 0.29) is 24.8 Å². The van der Waals surface area contributed by atoms with Crippen molar-refractivity contribution in [2.45, 2.75) is 44.8 Å². The molecule has 0 amide bonds. The van der Waals surface area contributed by atoms with Gasteiger partial charge < -0.3 is 5.32 Å². The van der Waals surface area contributed by atoms with E-state index >= 15 is 0 Å². The number of halogens is 2. The Morgan fingerprint density at radius 1 is 1.08 bits per heavy atom. The first-order chi connectivity index (χ1) is 5.29. The first-order valence-electron chi connectivity index (χ1n) is 4.77. The molecular formula is C9H20Cl2N2. The molecule has 2 aliphatic heterocycles. The summed E-state index contributed by atoms with van der Waals surface area (Å²) in [7, 11) is 0. The molecule has 2 atom stereocenters. The van der Waals surface area contributed by atoms with E-state index in [2.05, 4.69) is 24.1 Å². The van der Waals surface area contributed by atoms with Crippen molar-refractivity contribution in [3.63, 3.8) is 0 Å². The number of nitrogens with zero attached hydrogens (tertiary/aromatic N) is 1. The molecule has 2 nitrogen and oxygen atoms in total.